The fraction of sp³-hybridized carbons (Fsp3) is 0.267. The Hall–Kier alpha value is -1.59. The molecular weight excluding hydrogens is 320 g/mol. The van der Waals surface area contributed by atoms with E-state index >= 15 is 0 Å². The molecule has 0 unspecified atom stereocenters. The highest BCUT2D eigenvalue weighted by Crippen LogP contribution is 2.33. The van der Waals surface area contributed by atoms with E-state index in [1.165, 1.54) is 7.11 Å². The normalized spacial score (nSPS) is 12.2. The number of benzene rings is 1. The van der Waals surface area contributed by atoms with Gasteiger partial charge in [-0.3, -0.25) is 4.98 Å². The molecule has 2 rings (SSSR count). The number of pyridine rings is 1. The van der Waals surface area contributed by atoms with Gasteiger partial charge < -0.3 is 15.2 Å². The molecule has 0 saturated heterocycles. The summed E-state index contributed by atoms with van der Waals surface area (Å²) in [5, 5.41) is 13.5. The Bertz CT molecular complexity index is 576. The molecule has 1 heterocycles. The van der Waals surface area contributed by atoms with Crippen molar-refractivity contribution in [3.05, 3.63) is 52.3 Å². The van der Waals surface area contributed by atoms with E-state index in [4.69, 9.17) is 4.74 Å². The van der Waals surface area contributed by atoms with E-state index in [1.54, 1.807) is 12.3 Å². The first kappa shape index (κ1) is 14.8. The molecule has 0 aliphatic rings. The number of nitrogens with one attached hydrogen (secondary N) is 1. The fourth-order valence-electron chi connectivity index (χ4n) is 1.93. The molecule has 2 aromatic rings. The number of halogens is 1. The molecule has 1 aromatic carbocycles. The molecule has 0 radical (unpaired) electrons. The smallest absolute Gasteiger partial charge is 0.162 e. The molecule has 4 nitrogen and oxygen atoms in total. The van der Waals surface area contributed by atoms with Crippen LogP contribution in [-0.2, 0) is 6.54 Å². The van der Waals surface area contributed by atoms with Crippen LogP contribution in [0.2, 0.25) is 0 Å². The summed E-state index contributed by atoms with van der Waals surface area (Å²) in [5.74, 6) is 0.631. The number of aromatic nitrogens is 1. The maximum Gasteiger partial charge on any atom is 0.162 e. The Labute approximate surface area is 126 Å². The molecule has 2 N–H and O–H groups in total. The SMILES string of the molecule is COc1cc(Br)cc(CN[C@H](C)c2cccnc2)c1O. The number of aromatic hydroxyl groups is 1. The van der Waals surface area contributed by atoms with Crippen LogP contribution in [0.15, 0.2) is 41.1 Å². The molecule has 20 heavy (non-hydrogen) atoms. The lowest BCUT2D eigenvalue weighted by Crippen LogP contribution is -2.18. The largest absolute Gasteiger partial charge is 0.504 e. The average molecular weight is 337 g/mol. The van der Waals surface area contributed by atoms with Crippen molar-refractivity contribution in [2.75, 3.05) is 7.11 Å². The molecule has 0 aliphatic carbocycles. The third-order valence-corrected chi connectivity index (χ3v) is 3.58. The average Bonchev–Trinajstić information content (AvgIpc) is 2.48. The predicted octanol–water partition coefficient (Wildman–Crippen LogP) is 3.41. The monoisotopic (exact) mass is 336 g/mol. The molecule has 1 atom stereocenters. The summed E-state index contributed by atoms with van der Waals surface area (Å²) < 4.78 is 6.01. The van der Waals surface area contributed by atoms with Gasteiger partial charge in [-0.15, -0.1) is 0 Å². The zero-order valence-corrected chi connectivity index (χ0v) is 13.0. The molecule has 0 fully saturated rings. The highest BCUT2D eigenvalue weighted by Gasteiger charge is 2.11. The van der Waals surface area contributed by atoms with Gasteiger partial charge in [0.05, 0.1) is 7.11 Å². The number of nitrogens with zero attached hydrogens (tertiary/aromatic N) is 1. The third kappa shape index (κ3) is 3.49. The summed E-state index contributed by atoms with van der Waals surface area (Å²) in [4.78, 5) is 4.10. The van der Waals surface area contributed by atoms with E-state index in [0.717, 1.165) is 15.6 Å². The van der Waals surface area contributed by atoms with Crippen molar-refractivity contribution in [3.8, 4) is 11.5 Å². The first-order chi connectivity index (χ1) is 9.61. The summed E-state index contributed by atoms with van der Waals surface area (Å²) in [6, 6.07) is 7.69. The van der Waals surface area contributed by atoms with E-state index < -0.39 is 0 Å². The number of hydrogen-bond acceptors (Lipinski definition) is 4. The van der Waals surface area contributed by atoms with Gasteiger partial charge in [-0.05, 0) is 30.7 Å². The summed E-state index contributed by atoms with van der Waals surface area (Å²) in [6.07, 6.45) is 3.58. The van der Waals surface area contributed by atoms with Gasteiger partial charge in [-0.1, -0.05) is 22.0 Å². The molecule has 106 valence electrons. The minimum atomic E-state index is 0.146. The maximum absolute atomic E-state index is 10.1. The lowest BCUT2D eigenvalue weighted by molar-refractivity contribution is 0.368. The first-order valence-corrected chi connectivity index (χ1v) is 7.09. The standard InChI is InChI=1S/C15H17BrN2O2/c1-10(11-4-3-5-17-8-11)18-9-12-6-13(16)7-14(20-2)15(12)19/h3-8,10,18-19H,9H2,1-2H3/t10-/m1/s1. The maximum atomic E-state index is 10.1. The van der Waals surface area contributed by atoms with Gasteiger partial charge in [0.2, 0.25) is 0 Å². The second kappa shape index (κ2) is 6.72. The summed E-state index contributed by atoms with van der Waals surface area (Å²) >= 11 is 3.41. The van der Waals surface area contributed by atoms with Crippen molar-refractivity contribution in [2.24, 2.45) is 0 Å². The van der Waals surface area contributed by atoms with Gasteiger partial charge >= 0.3 is 0 Å². The number of phenols is 1. The predicted molar refractivity (Wildman–Crippen MR) is 81.9 cm³/mol. The highest BCUT2D eigenvalue weighted by atomic mass is 79.9. The minimum absolute atomic E-state index is 0.146. The molecule has 5 heteroatoms. The zero-order valence-electron chi connectivity index (χ0n) is 11.4. The van der Waals surface area contributed by atoms with Gasteiger partial charge in [0.1, 0.15) is 0 Å². The van der Waals surface area contributed by atoms with E-state index in [2.05, 4.69) is 33.2 Å². The van der Waals surface area contributed by atoms with Crippen LogP contribution in [-0.4, -0.2) is 17.2 Å². The summed E-state index contributed by atoms with van der Waals surface area (Å²) in [5.41, 5.74) is 1.89. The van der Waals surface area contributed by atoms with Gasteiger partial charge in [0.15, 0.2) is 11.5 Å². The van der Waals surface area contributed by atoms with Crippen LogP contribution < -0.4 is 10.1 Å². The van der Waals surface area contributed by atoms with Crippen molar-refractivity contribution in [1.82, 2.24) is 10.3 Å². The molecule has 0 amide bonds. The van der Waals surface area contributed by atoms with Crippen LogP contribution in [0.5, 0.6) is 11.5 Å². The number of phenolic OH excluding ortho intramolecular Hbond substituents is 1. The summed E-state index contributed by atoms with van der Waals surface area (Å²) in [7, 11) is 1.54. The van der Waals surface area contributed by atoms with Crippen molar-refractivity contribution in [3.63, 3.8) is 0 Å². The van der Waals surface area contributed by atoms with Crippen molar-refractivity contribution >= 4 is 15.9 Å². The molecule has 0 saturated carbocycles. The lowest BCUT2D eigenvalue weighted by Gasteiger charge is -2.15. The second-order valence-electron chi connectivity index (χ2n) is 4.50. The molecule has 0 spiro atoms. The van der Waals surface area contributed by atoms with Gasteiger partial charge in [-0.2, -0.15) is 0 Å². The fourth-order valence-corrected chi connectivity index (χ4v) is 2.42. The Morgan fingerprint density at radius 1 is 1.45 bits per heavy atom. The van der Waals surface area contributed by atoms with E-state index in [9.17, 15) is 5.11 Å². The van der Waals surface area contributed by atoms with Gasteiger partial charge in [-0.25, -0.2) is 0 Å². The Kier molecular flexibility index (Phi) is 4.98. The van der Waals surface area contributed by atoms with E-state index in [-0.39, 0.29) is 11.8 Å². The molecular formula is C15H17BrN2O2. The zero-order chi connectivity index (χ0) is 14.5. The van der Waals surface area contributed by atoms with Crippen molar-refractivity contribution < 1.29 is 9.84 Å². The minimum Gasteiger partial charge on any atom is -0.504 e. The van der Waals surface area contributed by atoms with Crippen LogP contribution >= 0.6 is 15.9 Å². The highest BCUT2D eigenvalue weighted by molar-refractivity contribution is 9.10. The van der Waals surface area contributed by atoms with Crippen LogP contribution in [0.4, 0.5) is 0 Å². The number of ether oxygens (including phenoxy) is 1. The van der Waals surface area contributed by atoms with Crippen LogP contribution in [0.3, 0.4) is 0 Å². The van der Waals surface area contributed by atoms with Crippen molar-refractivity contribution in [1.29, 1.82) is 0 Å². The van der Waals surface area contributed by atoms with Crippen LogP contribution in [0.1, 0.15) is 24.1 Å². The van der Waals surface area contributed by atoms with Gasteiger partial charge in [0, 0.05) is 35.0 Å². The van der Waals surface area contributed by atoms with Crippen LogP contribution in [0, 0.1) is 0 Å². The number of hydrogen-bond donors (Lipinski definition) is 2. The number of rotatable bonds is 5. The third-order valence-electron chi connectivity index (χ3n) is 3.12. The molecule has 0 bridgehead atoms. The molecule has 0 aliphatic heterocycles. The Morgan fingerprint density at radius 2 is 2.25 bits per heavy atom. The van der Waals surface area contributed by atoms with Crippen molar-refractivity contribution in [2.45, 2.75) is 19.5 Å². The molecule has 1 aromatic heterocycles. The quantitative estimate of drug-likeness (QED) is 0.878. The second-order valence-corrected chi connectivity index (χ2v) is 5.42. The van der Waals surface area contributed by atoms with Gasteiger partial charge in [0.25, 0.3) is 0 Å². The van der Waals surface area contributed by atoms with E-state index in [1.807, 2.05) is 24.4 Å². The topological polar surface area (TPSA) is 54.4 Å². The lowest BCUT2D eigenvalue weighted by atomic mass is 10.1. The Morgan fingerprint density at radius 3 is 2.90 bits per heavy atom. The first-order valence-electron chi connectivity index (χ1n) is 6.30. The van der Waals surface area contributed by atoms with E-state index in [0.29, 0.717) is 12.3 Å². The summed E-state index contributed by atoms with van der Waals surface area (Å²) in [6.45, 7) is 2.60. The van der Waals surface area contributed by atoms with Crippen LogP contribution in [0.25, 0.3) is 0 Å². The Balaban J connectivity index is 2.09. The number of methoxy groups -OCH3 is 1.